The van der Waals surface area contributed by atoms with Crippen molar-refractivity contribution in [2.24, 2.45) is 0 Å². The summed E-state index contributed by atoms with van der Waals surface area (Å²) in [5, 5.41) is 3.58. The maximum absolute atomic E-state index is 13.0. The zero-order chi connectivity index (χ0) is 18.5. The molecule has 1 saturated heterocycles. The van der Waals surface area contributed by atoms with Crippen LogP contribution in [-0.2, 0) is 4.79 Å². The average Bonchev–Trinajstić information content (AvgIpc) is 2.85. The lowest BCUT2D eigenvalue weighted by Gasteiger charge is -2.43. The number of nitrogens with zero attached hydrogens (tertiary/aromatic N) is 3. The van der Waals surface area contributed by atoms with Crippen LogP contribution in [0, 0.1) is 0 Å². The van der Waals surface area contributed by atoms with Gasteiger partial charge < -0.3 is 10.2 Å². The van der Waals surface area contributed by atoms with Crippen molar-refractivity contribution in [3.05, 3.63) is 53.2 Å². The van der Waals surface area contributed by atoms with Crippen molar-refractivity contribution in [1.29, 1.82) is 0 Å². The maximum Gasteiger partial charge on any atom is 0.329 e. The molecule has 2 heterocycles. The van der Waals surface area contributed by atoms with E-state index >= 15 is 0 Å². The van der Waals surface area contributed by atoms with Crippen molar-refractivity contribution < 1.29 is 9.59 Å². The number of hydrogen-bond acceptors (Lipinski definition) is 4. The molecule has 2 aromatic rings. The lowest BCUT2D eigenvalue weighted by atomic mass is 9.65. The lowest BCUT2D eigenvalue weighted by molar-refractivity contribution is -0.125. The number of amides is 3. The van der Waals surface area contributed by atoms with Gasteiger partial charge in [0.25, 0.3) is 5.91 Å². The van der Waals surface area contributed by atoms with Crippen LogP contribution in [0.3, 0.4) is 0 Å². The van der Waals surface area contributed by atoms with Crippen LogP contribution in [-0.4, -0.2) is 36.6 Å². The van der Waals surface area contributed by atoms with Gasteiger partial charge in [0.15, 0.2) is 0 Å². The quantitative estimate of drug-likeness (QED) is 0.843. The van der Waals surface area contributed by atoms with Gasteiger partial charge in [0.1, 0.15) is 11.4 Å². The Hall–Kier alpha value is -2.60. The average molecular weight is 371 g/mol. The van der Waals surface area contributed by atoms with Gasteiger partial charge in [0, 0.05) is 19.1 Å². The van der Waals surface area contributed by atoms with E-state index < -0.39 is 11.6 Å². The number of halogens is 1. The summed E-state index contributed by atoms with van der Waals surface area (Å²) in [7, 11) is 3.77. The van der Waals surface area contributed by atoms with Crippen molar-refractivity contribution >= 4 is 35.0 Å². The molecule has 3 amide bonds. The van der Waals surface area contributed by atoms with E-state index in [1.54, 1.807) is 18.3 Å². The van der Waals surface area contributed by atoms with E-state index in [-0.39, 0.29) is 11.8 Å². The third-order valence-corrected chi connectivity index (χ3v) is 5.49. The van der Waals surface area contributed by atoms with E-state index in [1.165, 1.54) is 4.90 Å². The van der Waals surface area contributed by atoms with Gasteiger partial charge in [-0.1, -0.05) is 29.8 Å². The first-order valence-electron chi connectivity index (χ1n) is 8.46. The Morgan fingerprint density at radius 2 is 1.92 bits per heavy atom. The summed E-state index contributed by atoms with van der Waals surface area (Å²) >= 11 is 6.26. The third kappa shape index (κ3) is 2.52. The second-order valence-corrected chi connectivity index (χ2v) is 7.46. The molecule has 1 N–H and O–H groups in total. The molecular weight excluding hydrogens is 352 g/mol. The number of aromatic nitrogens is 1. The Balaban J connectivity index is 1.54. The van der Waals surface area contributed by atoms with E-state index in [0.29, 0.717) is 23.6 Å². The SMILES string of the molecule is CN(C)c1ccc(N2C(=O)NC3(CC(c4ccccc4Cl)C3)C2=O)cn1. The number of pyridine rings is 1. The van der Waals surface area contributed by atoms with Gasteiger partial charge in [0.2, 0.25) is 0 Å². The Labute approximate surface area is 156 Å². The molecule has 0 radical (unpaired) electrons. The monoisotopic (exact) mass is 370 g/mol. The predicted molar refractivity (Wildman–Crippen MR) is 101 cm³/mol. The number of imide groups is 1. The minimum absolute atomic E-state index is 0.169. The third-order valence-electron chi connectivity index (χ3n) is 5.15. The van der Waals surface area contributed by atoms with Crippen molar-refractivity contribution in [2.75, 3.05) is 23.9 Å². The van der Waals surface area contributed by atoms with E-state index in [0.717, 1.165) is 11.4 Å². The summed E-state index contributed by atoms with van der Waals surface area (Å²) in [6.45, 7) is 0. The molecule has 134 valence electrons. The first-order chi connectivity index (χ1) is 12.4. The molecule has 6 nitrogen and oxygen atoms in total. The van der Waals surface area contributed by atoms with Crippen LogP contribution in [0.4, 0.5) is 16.3 Å². The van der Waals surface area contributed by atoms with E-state index in [9.17, 15) is 9.59 Å². The van der Waals surface area contributed by atoms with E-state index in [2.05, 4.69) is 10.3 Å². The molecule has 26 heavy (non-hydrogen) atoms. The number of hydrogen-bond donors (Lipinski definition) is 1. The van der Waals surface area contributed by atoms with Gasteiger partial charge in [0.05, 0.1) is 11.9 Å². The fourth-order valence-corrected chi connectivity index (χ4v) is 4.00. The number of urea groups is 1. The zero-order valence-corrected chi connectivity index (χ0v) is 15.3. The Morgan fingerprint density at radius 3 is 2.54 bits per heavy atom. The molecule has 1 spiro atoms. The van der Waals surface area contributed by atoms with Gasteiger partial charge >= 0.3 is 6.03 Å². The number of rotatable bonds is 3. The number of carbonyl (C=O) groups is 2. The van der Waals surface area contributed by atoms with Crippen LogP contribution in [0.15, 0.2) is 42.6 Å². The lowest BCUT2D eigenvalue weighted by Crippen LogP contribution is -2.56. The van der Waals surface area contributed by atoms with Crippen LogP contribution in [0.25, 0.3) is 0 Å². The fraction of sp³-hybridized carbons (Fsp3) is 0.316. The molecule has 7 heteroatoms. The molecule has 1 aromatic heterocycles. The minimum Gasteiger partial charge on any atom is -0.363 e. The molecule has 2 aliphatic rings. The minimum atomic E-state index is -0.832. The van der Waals surface area contributed by atoms with Crippen molar-refractivity contribution in [1.82, 2.24) is 10.3 Å². The highest BCUT2D eigenvalue weighted by Crippen LogP contribution is 2.49. The summed E-state index contributed by atoms with van der Waals surface area (Å²) in [6, 6.07) is 10.8. The predicted octanol–water partition coefficient (Wildman–Crippen LogP) is 3.17. The van der Waals surface area contributed by atoms with E-state index in [1.807, 2.05) is 43.3 Å². The number of nitrogens with one attached hydrogen (secondary N) is 1. The molecule has 1 aliphatic heterocycles. The van der Waals surface area contributed by atoms with Gasteiger partial charge in [-0.25, -0.2) is 14.7 Å². The fourth-order valence-electron chi connectivity index (χ4n) is 3.71. The highest BCUT2D eigenvalue weighted by molar-refractivity contribution is 6.31. The van der Waals surface area contributed by atoms with Gasteiger partial charge in [-0.15, -0.1) is 0 Å². The van der Waals surface area contributed by atoms with Gasteiger partial charge in [-0.2, -0.15) is 0 Å². The molecule has 1 aliphatic carbocycles. The highest BCUT2D eigenvalue weighted by Gasteiger charge is 2.59. The smallest absolute Gasteiger partial charge is 0.329 e. The maximum atomic E-state index is 13.0. The topological polar surface area (TPSA) is 65.5 Å². The molecule has 1 aromatic carbocycles. The molecule has 0 bridgehead atoms. The summed E-state index contributed by atoms with van der Waals surface area (Å²) < 4.78 is 0. The first-order valence-corrected chi connectivity index (χ1v) is 8.83. The van der Waals surface area contributed by atoms with Gasteiger partial charge in [-0.3, -0.25) is 4.79 Å². The molecular formula is C19H19ClN4O2. The standard InChI is InChI=1S/C19H19ClN4O2/c1-23(2)16-8-7-13(11-21-16)24-17(25)19(22-18(24)26)9-12(10-19)14-5-3-4-6-15(14)20/h3-8,11-12H,9-10H2,1-2H3,(H,22,26). The van der Waals surface area contributed by atoms with Crippen molar-refractivity contribution in [3.63, 3.8) is 0 Å². The van der Waals surface area contributed by atoms with E-state index in [4.69, 9.17) is 11.6 Å². The molecule has 1 saturated carbocycles. The van der Waals surface area contributed by atoms with Crippen LogP contribution in [0.5, 0.6) is 0 Å². The van der Waals surface area contributed by atoms with Crippen molar-refractivity contribution in [3.8, 4) is 0 Å². The summed E-state index contributed by atoms with van der Waals surface area (Å²) in [5.41, 5.74) is 0.676. The second kappa shape index (κ2) is 5.99. The largest absolute Gasteiger partial charge is 0.363 e. The van der Waals surface area contributed by atoms with Crippen molar-refractivity contribution in [2.45, 2.75) is 24.3 Å². The Bertz CT molecular complexity index is 875. The first kappa shape index (κ1) is 16.8. The molecule has 4 rings (SSSR count). The van der Waals surface area contributed by atoms with Crippen LogP contribution in [0.2, 0.25) is 5.02 Å². The van der Waals surface area contributed by atoms with Gasteiger partial charge in [-0.05, 0) is 42.5 Å². The highest BCUT2D eigenvalue weighted by atomic mass is 35.5. The number of anilines is 2. The second-order valence-electron chi connectivity index (χ2n) is 7.05. The van der Waals surface area contributed by atoms with Crippen LogP contribution < -0.4 is 15.1 Å². The summed E-state index contributed by atoms with van der Waals surface area (Å²) in [5.74, 6) is 0.713. The van der Waals surface area contributed by atoms with Crippen LogP contribution >= 0.6 is 11.6 Å². The zero-order valence-electron chi connectivity index (χ0n) is 14.6. The van der Waals surface area contributed by atoms with Crippen LogP contribution in [0.1, 0.15) is 24.3 Å². The number of carbonyl (C=O) groups excluding carboxylic acids is 2. The number of benzene rings is 1. The summed E-state index contributed by atoms with van der Waals surface area (Å²) in [6.07, 6.45) is 2.66. The molecule has 2 fully saturated rings. The Kier molecular flexibility index (Phi) is 3.88. The summed E-state index contributed by atoms with van der Waals surface area (Å²) in [4.78, 5) is 32.8. The Morgan fingerprint density at radius 1 is 1.19 bits per heavy atom. The molecule has 0 unspecified atom stereocenters. The normalized spacial score (nSPS) is 24.6. The molecule has 0 atom stereocenters.